The molecule has 0 heterocycles. The summed E-state index contributed by atoms with van der Waals surface area (Å²) >= 11 is 0. The Bertz CT molecular complexity index is 7.51. The minimum absolute atomic E-state index is 0. The Morgan fingerprint density at radius 2 is 0.500 bits per heavy atom. The average Bonchev–Trinajstić information content (AvgIpc) is 0. The van der Waals surface area contributed by atoms with Gasteiger partial charge in [-0.1, -0.05) is 0 Å². The normalized spacial score (nSPS) is 0. The molecule has 0 spiro atoms. The molecule has 0 unspecified atom stereocenters. The summed E-state index contributed by atoms with van der Waals surface area (Å²) in [5.74, 6) is 0. The second kappa shape index (κ2) is 42.5. The molecule has 0 N–H and O–H groups in total. The summed E-state index contributed by atoms with van der Waals surface area (Å²) in [4.78, 5) is 0. The van der Waals surface area contributed by atoms with Crippen LogP contribution in [0.2, 0.25) is 0 Å². The van der Waals surface area contributed by atoms with Crippen LogP contribution in [-0.4, -0.2) is 29.6 Å². The van der Waals surface area contributed by atoms with E-state index in [1.165, 1.54) is 0 Å². The van der Waals surface area contributed by atoms with Gasteiger partial charge in [-0.05, 0) is 0 Å². The van der Waals surface area contributed by atoms with Crippen LogP contribution in [0.25, 0.3) is 0 Å². The van der Waals surface area contributed by atoms with E-state index in [2.05, 4.69) is 0 Å². The summed E-state index contributed by atoms with van der Waals surface area (Å²) in [5, 5.41) is 0. The molecule has 0 saturated carbocycles. The third kappa shape index (κ3) is 27.5. The molecule has 0 nitrogen and oxygen atoms in total. The predicted octanol–water partition coefficient (Wildman–Crippen LogP) is 1.04. The van der Waals surface area contributed by atoms with Gasteiger partial charge in [0.15, 0.2) is 0 Å². The first-order chi connectivity index (χ1) is 0. The fraction of sp³-hybridized carbons (Fsp3) is 0. The van der Waals surface area contributed by atoms with Crippen LogP contribution in [-0.2, 0) is 27.7 Å². The Morgan fingerprint density at radius 3 is 0.500 bits per heavy atom. The Balaban J connectivity index is 0. The summed E-state index contributed by atoms with van der Waals surface area (Å²) in [5.41, 5.74) is 0. The molecule has 0 aliphatic rings. The van der Waals surface area contributed by atoms with Gasteiger partial charge in [-0.3, -0.25) is 0 Å². The van der Waals surface area contributed by atoms with Crippen molar-refractivity contribution in [3.8, 4) is 0 Å². The molecule has 0 atom stereocenters. The maximum atomic E-state index is 0. The number of hydrogen-bond donors (Lipinski definition) is 0. The number of halogens is 4. The van der Waals surface area contributed by atoms with Gasteiger partial charge in [-0.15, -0.1) is 49.6 Å². The van der Waals surface area contributed by atoms with Crippen LogP contribution in [0, 0.1) is 0 Å². The van der Waals surface area contributed by atoms with Gasteiger partial charge in [0.05, 0.1) is 0 Å². The zero-order chi connectivity index (χ0) is 0. The van der Waals surface area contributed by atoms with Gasteiger partial charge < -0.3 is 0 Å². The van der Waals surface area contributed by atoms with Crippen LogP contribution in [0.1, 0.15) is 0 Å². The van der Waals surface area contributed by atoms with E-state index in [0.29, 0.717) is 0 Å². The SMILES string of the molecule is Cl.Cl.Cl.Cl.[Hg].[NaH]. The molecule has 0 amide bonds. The molecule has 0 rings (SSSR count). The molecule has 0 fully saturated rings. The van der Waals surface area contributed by atoms with Gasteiger partial charge >= 0.3 is 29.6 Å². The molecule has 0 aliphatic heterocycles. The van der Waals surface area contributed by atoms with E-state index in [1.807, 2.05) is 0 Å². The third-order valence-corrected chi connectivity index (χ3v) is 0. The minimum atomic E-state index is 0. The van der Waals surface area contributed by atoms with Crippen molar-refractivity contribution in [2.24, 2.45) is 0 Å². The van der Waals surface area contributed by atoms with Crippen molar-refractivity contribution in [2.45, 2.75) is 0 Å². The molecule has 0 bridgehead atoms. The molecular weight excluding hydrogens is 365 g/mol. The van der Waals surface area contributed by atoms with Gasteiger partial charge in [0.2, 0.25) is 0 Å². The van der Waals surface area contributed by atoms with Crippen molar-refractivity contribution in [3.05, 3.63) is 0 Å². The fourth-order valence-electron chi connectivity index (χ4n) is 0. The Labute approximate surface area is 105 Å². The topological polar surface area (TPSA) is 0 Å². The second-order valence-electron chi connectivity index (χ2n) is 0. The molecule has 0 aromatic carbocycles. The van der Waals surface area contributed by atoms with Crippen molar-refractivity contribution in [1.29, 1.82) is 0 Å². The Morgan fingerprint density at radius 1 is 0.500 bits per heavy atom. The maximum absolute atomic E-state index is 0. The molecule has 0 aromatic rings. The monoisotopic (exact) mass is 370 g/mol. The quantitative estimate of drug-likeness (QED) is 0.559. The van der Waals surface area contributed by atoms with Gasteiger partial charge in [-0.25, -0.2) is 0 Å². The van der Waals surface area contributed by atoms with E-state index in [1.54, 1.807) is 0 Å². The summed E-state index contributed by atoms with van der Waals surface area (Å²) in [6.07, 6.45) is 0. The van der Waals surface area contributed by atoms with Crippen molar-refractivity contribution in [3.63, 3.8) is 0 Å². The Kier molecular flexibility index (Phi) is 441. The van der Waals surface area contributed by atoms with E-state index >= 15 is 0 Å². The predicted molar refractivity (Wildman–Crippen MR) is 36.1 cm³/mol. The first kappa shape index (κ1) is 62.2. The first-order valence-corrected chi connectivity index (χ1v) is 0. The van der Waals surface area contributed by atoms with Crippen LogP contribution >= 0.6 is 49.6 Å². The summed E-state index contributed by atoms with van der Waals surface area (Å²) < 4.78 is 0. The molecule has 6 heteroatoms. The number of rotatable bonds is 0. The van der Waals surface area contributed by atoms with Crippen molar-refractivity contribution in [1.82, 2.24) is 0 Å². The van der Waals surface area contributed by atoms with Gasteiger partial charge in [0, 0.05) is 27.7 Å². The number of hydrogen-bond acceptors (Lipinski definition) is 0. The summed E-state index contributed by atoms with van der Waals surface area (Å²) in [6, 6.07) is 0. The molecular formula is H5Cl4HgNa. The van der Waals surface area contributed by atoms with Gasteiger partial charge in [-0.2, -0.15) is 0 Å². The molecule has 0 aromatic heterocycles. The molecule has 0 saturated heterocycles. The summed E-state index contributed by atoms with van der Waals surface area (Å²) in [7, 11) is 0. The first-order valence-electron chi connectivity index (χ1n) is 0. The third-order valence-electron chi connectivity index (χ3n) is 0. The van der Waals surface area contributed by atoms with Crippen molar-refractivity contribution < 1.29 is 27.7 Å². The van der Waals surface area contributed by atoms with E-state index in [4.69, 9.17) is 0 Å². The van der Waals surface area contributed by atoms with Crippen LogP contribution in [0.4, 0.5) is 0 Å². The Hall–Kier alpha value is 3.10. The molecule has 0 radical (unpaired) electrons. The van der Waals surface area contributed by atoms with E-state index in [-0.39, 0.29) is 107 Å². The molecule has 36 valence electrons. The van der Waals surface area contributed by atoms with Crippen LogP contribution in [0.15, 0.2) is 0 Å². The summed E-state index contributed by atoms with van der Waals surface area (Å²) in [6.45, 7) is 0. The molecule has 0 aliphatic carbocycles. The van der Waals surface area contributed by atoms with Gasteiger partial charge in [0.1, 0.15) is 0 Å². The van der Waals surface area contributed by atoms with Gasteiger partial charge in [0.25, 0.3) is 0 Å². The van der Waals surface area contributed by atoms with E-state index in [9.17, 15) is 0 Å². The average molecular weight is 370 g/mol. The standard InChI is InChI=1S/4ClH.Hg.Na.H/h4*1H;;;. The van der Waals surface area contributed by atoms with Crippen molar-refractivity contribution >= 4 is 79.2 Å². The zero-order valence-corrected chi connectivity index (χ0v) is 11.1. The molecule has 6 heavy (non-hydrogen) atoms. The van der Waals surface area contributed by atoms with Crippen LogP contribution < -0.4 is 0 Å². The fourth-order valence-corrected chi connectivity index (χ4v) is 0. The van der Waals surface area contributed by atoms with E-state index < -0.39 is 0 Å². The van der Waals surface area contributed by atoms with Crippen LogP contribution in [0.3, 0.4) is 0 Å². The second-order valence-corrected chi connectivity index (χ2v) is 0. The van der Waals surface area contributed by atoms with Crippen LogP contribution in [0.5, 0.6) is 0 Å². The van der Waals surface area contributed by atoms with E-state index in [0.717, 1.165) is 0 Å². The van der Waals surface area contributed by atoms with Crippen molar-refractivity contribution in [2.75, 3.05) is 0 Å². The zero-order valence-electron chi connectivity index (χ0n) is 2.34.